The summed E-state index contributed by atoms with van der Waals surface area (Å²) in [6.45, 7) is 12.7. The molecule has 1 aromatic rings. The van der Waals surface area contributed by atoms with Crippen LogP contribution in [-0.2, 0) is 16.0 Å². The molecule has 0 aliphatic rings. The third-order valence-corrected chi connectivity index (χ3v) is 4.13. The van der Waals surface area contributed by atoms with Gasteiger partial charge in [0.05, 0.1) is 19.8 Å². The van der Waals surface area contributed by atoms with E-state index in [1.807, 2.05) is 6.92 Å². The zero-order valence-corrected chi connectivity index (χ0v) is 21.0. The number of rotatable bonds is 14. The molecule has 168 valence electrons. The number of nitrogens with one attached hydrogen (secondary N) is 2. The Morgan fingerprint density at radius 1 is 1.10 bits per heavy atom. The average molecular weight is 522 g/mol. The van der Waals surface area contributed by atoms with Gasteiger partial charge in [-0.15, -0.1) is 24.0 Å². The summed E-state index contributed by atoms with van der Waals surface area (Å²) >= 11 is 0. The molecule has 8 heteroatoms. The minimum absolute atomic E-state index is 0. The summed E-state index contributed by atoms with van der Waals surface area (Å²) in [6, 6.07) is 6.23. The van der Waals surface area contributed by atoms with Gasteiger partial charge in [-0.3, -0.25) is 0 Å². The summed E-state index contributed by atoms with van der Waals surface area (Å²) < 4.78 is 16.4. The van der Waals surface area contributed by atoms with Crippen LogP contribution in [0.15, 0.2) is 23.2 Å². The quantitative estimate of drug-likeness (QED) is 0.170. The second-order valence-corrected chi connectivity index (χ2v) is 6.57. The summed E-state index contributed by atoms with van der Waals surface area (Å²) in [7, 11) is 3.81. The van der Waals surface area contributed by atoms with Gasteiger partial charge in [-0.1, -0.05) is 12.1 Å². The van der Waals surface area contributed by atoms with E-state index >= 15 is 0 Å². The third-order valence-electron chi connectivity index (χ3n) is 4.13. The van der Waals surface area contributed by atoms with E-state index in [1.165, 1.54) is 5.56 Å². The molecule has 7 nitrogen and oxygen atoms in total. The van der Waals surface area contributed by atoms with Crippen molar-refractivity contribution in [2.45, 2.75) is 27.3 Å². The number of likely N-dealkylation sites (N-methyl/N-ethyl adjacent to an activating group) is 1. The van der Waals surface area contributed by atoms with Crippen LogP contribution >= 0.6 is 24.0 Å². The van der Waals surface area contributed by atoms with E-state index < -0.39 is 0 Å². The van der Waals surface area contributed by atoms with Gasteiger partial charge in [0.1, 0.15) is 12.4 Å². The van der Waals surface area contributed by atoms with E-state index in [9.17, 15) is 0 Å². The van der Waals surface area contributed by atoms with Gasteiger partial charge in [0.2, 0.25) is 0 Å². The Morgan fingerprint density at radius 3 is 2.59 bits per heavy atom. The van der Waals surface area contributed by atoms with Gasteiger partial charge in [0.25, 0.3) is 0 Å². The first-order valence-corrected chi connectivity index (χ1v) is 10.1. The molecule has 0 heterocycles. The molecule has 0 atom stereocenters. The van der Waals surface area contributed by atoms with Crippen molar-refractivity contribution in [3.63, 3.8) is 0 Å². The lowest BCUT2D eigenvalue weighted by atomic mass is 10.1. The first-order valence-electron chi connectivity index (χ1n) is 10.1. The van der Waals surface area contributed by atoms with E-state index in [1.54, 1.807) is 7.11 Å². The van der Waals surface area contributed by atoms with Crippen LogP contribution in [0.1, 0.15) is 25.0 Å². The summed E-state index contributed by atoms with van der Waals surface area (Å²) in [5.74, 6) is 1.68. The first kappa shape index (κ1) is 27.9. The van der Waals surface area contributed by atoms with Crippen molar-refractivity contribution >= 4 is 29.9 Å². The lowest BCUT2D eigenvalue weighted by Crippen LogP contribution is -2.41. The van der Waals surface area contributed by atoms with Gasteiger partial charge in [0, 0.05) is 45.5 Å². The maximum absolute atomic E-state index is 5.91. The van der Waals surface area contributed by atoms with Crippen molar-refractivity contribution in [2.24, 2.45) is 4.99 Å². The van der Waals surface area contributed by atoms with Crippen LogP contribution in [0.4, 0.5) is 0 Å². The highest BCUT2D eigenvalue weighted by Crippen LogP contribution is 2.21. The summed E-state index contributed by atoms with van der Waals surface area (Å²) in [5.41, 5.74) is 2.24. The van der Waals surface area contributed by atoms with Gasteiger partial charge < -0.3 is 29.7 Å². The summed E-state index contributed by atoms with van der Waals surface area (Å²) in [5, 5.41) is 6.68. The van der Waals surface area contributed by atoms with E-state index in [-0.39, 0.29) is 24.0 Å². The number of nitrogens with zero attached hydrogens (tertiary/aromatic N) is 2. The molecule has 0 amide bonds. The van der Waals surface area contributed by atoms with E-state index in [0.717, 1.165) is 50.1 Å². The van der Waals surface area contributed by atoms with Crippen molar-refractivity contribution in [3.8, 4) is 5.75 Å². The number of halogens is 1. The second-order valence-electron chi connectivity index (χ2n) is 6.57. The fraction of sp³-hybridized carbons (Fsp3) is 0.667. The molecule has 0 fully saturated rings. The zero-order chi connectivity index (χ0) is 20.6. The molecule has 0 saturated carbocycles. The van der Waals surface area contributed by atoms with Gasteiger partial charge >= 0.3 is 0 Å². The molecule has 0 aliphatic carbocycles. The maximum Gasteiger partial charge on any atom is 0.191 e. The lowest BCUT2D eigenvalue weighted by molar-refractivity contribution is 0.110. The number of methoxy groups -OCH3 is 1. The molecule has 1 rings (SSSR count). The number of aryl methyl sites for hydroxylation is 1. The minimum Gasteiger partial charge on any atom is -0.491 e. The van der Waals surface area contributed by atoms with Crippen molar-refractivity contribution in [1.82, 2.24) is 15.5 Å². The molecular formula is C21H39IN4O3. The molecule has 0 unspecified atom stereocenters. The Bertz CT molecular complexity index is 573. The predicted molar refractivity (Wildman–Crippen MR) is 131 cm³/mol. The fourth-order valence-corrected chi connectivity index (χ4v) is 2.51. The van der Waals surface area contributed by atoms with E-state index in [2.05, 4.69) is 54.6 Å². The minimum atomic E-state index is 0. The van der Waals surface area contributed by atoms with E-state index in [0.29, 0.717) is 26.4 Å². The summed E-state index contributed by atoms with van der Waals surface area (Å²) in [6.07, 6.45) is 0. The van der Waals surface area contributed by atoms with Crippen LogP contribution in [0.25, 0.3) is 0 Å². The largest absolute Gasteiger partial charge is 0.491 e. The van der Waals surface area contributed by atoms with Gasteiger partial charge in [-0.25, -0.2) is 4.99 Å². The molecule has 0 aromatic heterocycles. The van der Waals surface area contributed by atoms with Gasteiger partial charge in [0.15, 0.2) is 5.96 Å². The molecule has 0 radical (unpaired) electrons. The van der Waals surface area contributed by atoms with Crippen molar-refractivity contribution in [3.05, 3.63) is 29.3 Å². The Balaban J connectivity index is 0.00000784. The van der Waals surface area contributed by atoms with Crippen molar-refractivity contribution < 1.29 is 14.2 Å². The molecule has 0 bridgehead atoms. The average Bonchev–Trinajstić information content (AvgIpc) is 2.68. The number of hydrogen-bond donors (Lipinski definition) is 2. The molecule has 0 spiro atoms. The number of ether oxygens (including phenoxy) is 3. The zero-order valence-electron chi connectivity index (χ0n) is 18.6. The molecular weight excluding hydrogens is 483 g/mol. The van der Waals surface area contributed by atoms with Crippen LogP contribution in [0.2, 0.25) is 0 Å². The highest BCUT2D eigenvalue weighted by Gasteiger charge is 2.06. The Labute approximate surface area is 193 Å². The highest BCUT2D eigenvalue weighted by atomic mass is 127. The number of aliphatic imine (C=N–C) groups is 1. The Morgan fingerprint density at radius 2 is 1.90 bits per heavy atom. The number of hydrogen-bond acceptors (Lipinski definition) is 5. The second kappa shape index (κ2) is 17.7. The van der Waals surface area contributed by atoms with E-state index in [4.69, 9.17) is 19.2 Å². The smallest absolute Gasteiger partial charge is 0.191 e. The van der Waals surface area contributed by atoms with Gasteiger partial charge in [-0.2, -0.15) is 0 Å². The Kier molecular flexibility index (Phi) is 17.1. The van der Waals surface area contributed by atoms with Crippen LogP contribution in [0.5, 0.6) is 5.75 Å². The molecule has 0 saturated heterocycles. The SMILES string of the molecule is CCNC(=NCc1ccc(C)cc1OCCOCC)NCCN(C)CCOC.I. The normalized spacial score (nSPS) is 11.3. The molecule has 29 heavy (non-hydrogen) atoms. The number of guanidine groups is 1. The molecule has 1 aromatic carbocycles. The summed E-state index contributed by atoms with van der Waals surface area (Å²) in [4.78, 5) is 6.94. The van der Waals surface area contributed by atoms with Crippen molar-refractivity contribution in [2.75, 3.05) is 66.8 Å². The van der Waals surface area contributed by atoms with Crippen LogP contribution < -0.4 is 15.4 Å². The monoisotopic (exact) mass is 522 g/mol. The standard InChI is InChI=1S/C21H38N4O3.HI/c1-6-22-21(23-10-11-25(4)12-13-26-5)24-17-19-9-8-18(3)16-20(19)28-15-14-27-7-2;/h8-9,16H,6-7,10-15,17H2,1-5H3,(H2,22,23,24);1H. The fourth-order valence-electron chi connectivity index (χ4n) is 2.51. The van der Waals surface area contributed by atoms with Crippen LogP contribution in [-0.4, -0.2) is 77.6 Å². The van der Waals surface area contributed by atoms with Crippen LogP contribution in [0.3, 0.4) is 0 Å². The van der Waals surface area contributed by atoms with Gasteiger partial charge in [-0.05, 0) is 39.4 Å². The molecule has 0 aliphatic heterocycles. The third kappa shape index (κ3) is 12.9. The number of benzene rings is 1. The predicted octanol–water partition coefficient (Wildman–Crippen LogP) is 2.66. The maximum atomic E-state index is 5.91. The Hall–Kier alpha value is -1.10. The topological polar surface area (TPSA) is 67.4 Å². The first-order chi connectivity index (χ1) is 13.6. The van der Waals surface area contributed by atoms with Crippen LogP contribution in [0, 0.1) is 6.92 Å². The lowest BCUT2D eigenvalue weighted by Gasteiger charge is -2.18. The van der Waals surface area contributed by atoms with Crippen molar-refractivity contribution in [1.29, 1.82) is 0 Å². The highest BCUT2D eigenvalue weighted by molar-refractivity contribution is 14.0. The molecule has 2 N–H and O–H groups in total.